The van der Waals surface area contributed by atoms with Gasteiger partial charge >= 0.3 is 12.1 Å². The van der Waals surface area contributed by atoms with Gasteiger partial charge in [-0.05, 0) is 26.7 Å². The maximum Gasteiger partial charge on any atom is 0.408 e. The predicted octanol–water partition coefficient (Wildman–Crippen LogP) is 2.06. The SMILES string of the molecule is [2H]C([2H])([2H])C([2H])(C([2H])([2H])[2H])[C@]([2H])(NC(=O)OC(C)(C)C)C(=O)CCC(=O)OC. The Morgan fingerprint density at radius 2 is 1.85 bits per heavy atom. The molecular weight excluding hydrogens is 262 g/mol. The molecule has 0 radical (unpaired) electrons. The average Bonchev–Trinajstić information content (AvgIpc) is 2.46. The minimum absolute atomic E-state index is 0.607. The van der Waals surface area contributed by atoms with Crippen LogP contribution in [0.5, 0.6) is 0 Å². The van der Waals surface area contributed by atoms with E-state index in [1.54, 1.807) is 5.32 Å². The van der Waals surface area contributed by atoms with Gasteiger partial charge in [0.15, 0.2) is 5.78 Å². The van der Waals surface area contributed by atoms with Crippen molar-refractivity contribution >= 4 is 17.8 Å². The van der Waals surface area contributed by atoms with Crippen molar-refractivity contribution in [1.29, 1.82) is 0 Å². The molecule has 0 fully saturated rings. The Morgan fingerprint density at radius 1 is 1.25 bits per heavy atom. The zero-order chi connectivity index (χ0) is 22.8. The number of ether oxygens (including phenoxy) is 2. The maximum absolute atomic E-state index is 12.6. The van der Waals surface area contributed by atoms with Gasteiger partial charge < -0.3 is 14.8 Å². The topological polar surface area (TPSA) is 81.7 Å². The number of nitrogens with one attached hydrogen (secondary N) is 1. The second kappa shape index (κ2) is 7.87. The van der Waals surface area contributed by atoms with E-state index in [1.165, 1.54) is 20.8 Å². The lowest BCUT2D eigenvalue weighted by atomic mass is 9.97. The standard InChI is InChI=1S/C14H25NO5/c1-9(2)12(10(16)7-8-11(17)19-6)15-13(18)20-14(3,4)5/h9,12H,7-8H2,1-6H3,(H,15,18)/t12-/m0/s1/i1D3,2D3,9D,12D. The highest BCUT2D eigenvalue weighted by molar-refractivity contribution is 5.89. The second-order valence-corrected chi connectivity index (χ2v) is 4.88. The Balaban J connectivity index is 6.33. The van der Waals surface area contributed by atoms with Gasteiger partial charge in [-0.15, -0.1) is 0 Å². The summed E-state index contributed by atoms with van der Waals surface area (Å²) in [4.78, 5) is 36.0. The fraction of sp³-hybridized carbons (Fsp3) is 0.786. The summed E-state index contributed by atoms with van der Waals surface area (Å²) in [6.45, 7) is -3.04. The molecule has 6 nitrogen and oxygen atoms in total. The molecule has 0 aliphatic rings. The molecule has 0 aromatic carbocycles. The lowest BCUT2D eigenvalue weighted by Gasteiger charge is -2.25. The average molecular weight is 295 g/mol. The number of methoxy groups -OCH3 is 1. The van der Waals surface area contributed by atoms with E-state index in [-0.39, 0.29) is 0 Å². The molecule has 0 aromatic rings. The van der Waals surface area contributed by atoms with Gasteiger partial charge in [-0.3, -0.25) is 9.59 Å². The van der Waals surface area contributed by atoms with Crippen LogP contribution in [0.3, 0.4) is 0 Å². The minimum Gasteiger partial charge on any atom is -0.469 e. The monoisotopic (exact) mass is 295 g/mol. The van der Waals surface area contributed by atoms with Crippen molar-refractivity contribution in [1.82, 2.24) is 5.32 Å². The zero-order valence-corrected chi connectivity index (χ0v) is 12.0. The highest BCUT2D eigenvalue weighted by Crippen LogP contribution is 2.11. The Morgan fingerprint density at radius 3 is 2.30 bits per heavy atom. The second-order valence-electron chi connectivity index (χ2n) is 4.88. The fourth-order valence-corrected chi connectivity index (χ4v) is 1.12. The third kappa shape index (κ3) is 7.76. The van der Waals surface area contributed by atoms with E-state index in [9.17, 15) is 14.4 Å². The molecule has 0 spiro atoms. The summed E-state index contributed by atoms with van der Waals surface area (Å²) in [5, 5.41) is 1.64. The van der Waals surface area contributed by atoms with Gasteiger partial charge in [-0.25, -0.2) is 4.79 Å². The molecule has 20 heavy (non-hydrogen) atoms. The van der Waals surface area contributed by atoms with Crippen LogP contribution < -0.4 is 5.32 Å². The molecule has 0 aliphatic heterocycles. The van der Waals surface area contributed by atoms with Crippen LogP contribution >= 0.6 is 0 Å². The Labute approximate surface area is 131 Å². The number of esters is 1. The number of Topliss-reactive ketones (excluding diaryl/α,β-unsaturated/α-hetero) is 1. The van der Waals surface area contributed by atoms with Gasteiger partial charge in [0.05, 0.1) is 20.9 Å². The number of ketones is 1. The minimum atomic E-state index is -3.75. The molecule has 0 aliphatic carbocycles. The number of alkyl carbamates (subject to hydrolysis) is 1. The first kappa shape index (κ1) is 8.64. The molecule has 0 unspecified atom stereocenters. The van der Waals surface area contributed by atoms with Crippen LogP contribution in [0.4, 0.5) is 4.79 Å². The van der Waals surface area contributed by atoms with Crippen LogP contribution in [0.2, 0.25) is 0 Å². The number of carbonyl (C=O) groups is 3. The molecule has 1 N–H and O–H groups in total. The highest BCUT2D eigenvalue weighted by atomic mass is 16.6. The molecule has 0 heterocycles. The van der Waals surface area contributed by atoms with Crippen molar-refractivity contribution in [2.24, 2.45) is 5.89 Å². The van der Waals surface area contributed by atoms with Crippen LogP contribution in [0, 0.1) is 5.89 Å². The van der Waals surface area contributed by atoms with E-state index in [0.717, 1.165) is 7.11 Å². The fourth-order valence-electron chi connectivity index (χ4n) is 1.12. The number of hydrogen-bond donors (Lipinski definition) is 1. The van der Waals surface area contributed by atoms with Gasteiger partial charge in [-0.1, -0.05) is 13.7 Å². The van der Waals surface area contributed by atoms with Crippen molar-refractivity contribution in [3.63, 3.8) is 0 Å². The molecule has 0 saturated heterocycles. The number of amides is 1. The molecule has 116 valence electrons. The first-order valence-corrected chi connectivity index (χ1v) is 5.84. The first-order chi connectivity index (χ1) is 12.2. The summed E-state index contributed by atoms with van der Waals surface area (Å²) in [5.74, 6) is -6.10. The molecule has 0 rings (SSSR count). The predicted molar refractivity (Wildman–Crippen MR) is 74.3 cm³/mol. The molecule has 0 bridgehead atoms. The Kier molecular flexibility index (Phi) is 3.40. The quantitative estimate of drug-likeness (QED) is 0.758. The zero-order valence-electron chi connectivity index (χ0n) is 20.0. The highest BCUT2D eigenvalue weighted by Gasteiger charge is 2.26. The van der Waals surface area contributed by atoms with Crippen molar-refractivity contribution in [3.8, 4) is 0 Å². The van der Waals surface area contributed by atoms with Crippen LogP contribution in [-0.2, 0) is 19.1 Å². The van der Waals surface area contributed by atoms with Crippen molar-refractivity contribution in [2.75, 3.05) is 7.11 Å². The van der Waals surface area contributed by atoms with E-state index in [1.807, 2.05) is 0 Å². The summed E-state index contributed by atoms with van der Waals surface area (Å²) in [6.07, 6.45) is -2.90. The van der Waals surface area contributed by atoms with Crippen LogP contribution in [0.25, 0.3) is 0 Å². The van der Waals surface area contributed by atoms with Gasteiger partial charge in [-0.2, -0.15) is 0 Å². The summed E-state index contributed by atoms with van der Waals surface area (Å²) < 4.78 is 70.7. The summed E-state index contributed by atoms with van der Waals surface area (Å²) in [6, 6.07) is -3.47. The summed E-state index contributed by atoms with van der Waals surface area (Å²) >= 11 is 0. The van der Waals surface area contributed by atoms with E-state index in [2.05, 4.69) is 4.74 Å². The van der Waals surface area contributed by atoms with Crippen molar-refractivity contribution in [3.05, 3.63) is 0 Å². The molecule has 1 atom stereocenters. The lowest BCUT2D eigenvalue weighted by Crippen LogP contribution is -2.46. The van der Waals surface area contributed by atoms with Crippen LogP contribution in [0.15, 0.2) is 0 Å². The Bertz CT molecular complexity index is 596. The van der Waals surface area contributed by atoms with Gasteiger partial charge in [0.1, 0.15) is 5.60 Å². The van der Waals surface area contributed by atoms with Crippen LogP contribution in [0.1, 0.15) is 58.3 Å². The maximum atomic E-state index is 12.6. The first-order valence-electron chi connectivity index (χ1n) is 9.84. The van der Waals surface area contributed by atoms with Gasteiger partial charge in [0.25, 0.3) is 0 Å². The molecule has 0 aromatic heterocycles. The lowest BCUT2D eigenvalue weighted by molar-refractivity contribution is -0.142. The van der Waals surface area contributed by atoms with Crippen molar-refractivity contribution in [2.45, 2.75) is 58.9 Å². The molecular formula is C14H25NO5. The summed E-state index contributed by atoms with van der Waals surface area (Å²) in [5.41, 5.74) is -1.12. The smallest absolute Gasteiger partial charge is 0.408 e. The molecule has 1 amide bonds. The van der Waals surface area contributed by atoms with E-state index in [0.29, 0.717) is 0 Å². The third-order valence-corrected chi connectivity index (χ3v) is 1.94. The van der Waals surface area contributed by atoms with Crippen LogP contribution in [-0.4, -0.2) is 36.6 Å². The Hall–Kier alpha value is -1.59. The normalized spacial score (nSPS) is 22.0. The van der Waals surface area contributed by atoms with Gasteiger partial charge in [0, 0.05) is 16.0 Å². The van der Waals surface area contributed by atoms with Gasteiger partial charge in [0.2, 0.25) is 0 Å². The largest absolute Gasteiger partial charge is 0.469 e. The van der Waals surface area contributed by atoms with E-state index in [4.69, 9.17) is 15.7 Å². The molecule has 6 heteroatoms. The number of carbonyl (C=O) groups excluding carboxylic acids is 3. The van der Waals surface area contributed by atoms with E-state index < -0.39 is 61.9 Å². The number of rotatable bonds is 6. The summed E-state index contributed by atoms with van der Waals surface area (Å²) in [7, 11) is 1.03. The third-order valence-electron chi connectivity index (χ3n) is 1.94. The van der Waals surface area contributed by atoms with E-state index >= 15 is 0 Å². The number of hydrogen-bond acceptors (Lipinski definition) is 5. The molecule has 0 saturated carbocycles. The van der Waals surface area contributed by atoms with Crippen molar-refractivity contribution < 1.29 is 34.8 Å².